The van der Waals surface area contributed by atoms with Crippen LogP contribution in [0.5, 0.6) is 5.75 Å². The number of fused-ring (bicyclic) bond motifs is 1. The van der Waals surface area contributed by atoms with Crippen LogP contribution in [0.2, 0.25) is 0 Å². The highest BCUT2D eigenvalue weighted by Gasteiger charge is 2.29. The highest BCUT2D eigenvalue weighted by molar-refractivity contribution is 6.18. The molecule has 0 radical (unpaired) electrons. The van der Waals surface area contributed by atoms with Crippen LogP contribution in [0.3, 0.4) is 0 Å². The molecule has 0 aliphatic heterocycles. The van der Waals surface area contributed by atoms with Gasteiger partial charge in [-0.25, -0.2) is 0 Å². The molecular weight excluding hydrogens is 336 g/mol. The molecule has 27 heavy (non-hydrogen) atoms. The first-order valence-corrected chi connectivity index (χ1v) is 9.19. The van der Waals surface area contributed by atoms with Gasteiger partial charge in [-0.3, -0.25) is 9.59 Å². The van der Waals surface area contributed by atoms with Crippen LogP contribution in [0, 0.1) is 0 Å². The monoisotopic (exact) mass is 362 g/mol. The average Bonchev–Trinajstić information content (AvgIpc) is 2.71. The second-order valence-corrected chi connectivity index (χ2v) is 9.24. The zero-order valence-electron chi connectivity index (χ0n) is 16.8. The van der Waals surface area contributed by atoms with Crippen LogP contribution in [0.1, 0.15) is 74.2 Å². The van der Waals surface area contributed by atoms with E-state index in [1.54, 1.807) is 18.2 Å². The van der Waals surface area contributed by atoms with Crippen LogP contribution in [0.15, 0.2) is 47.3 Å². The molecule has 0 saturated carbocycles. The van der Waals surface area contributed by atoms with E-state index in [1.807, 2.05) is 12.1 Å². The van der Waals surface area contributed by atoms with Gasteiger partial charge in [0.15, 0.2) is 11.2 Å². The van der Waals surface area contributed by atoms with Crippen molar-refractivity contribution in [2.45, 2.75) is 52.4 Å². The van der Waals surface area contributed by atoms with Crippen molar-refractivity contribution in [3.8, 4) is 5.75 Å². The van der Waals surface area contributed by atoms with Gasteiger partial charge in [0.1, 0.15) is 5.75 Å². The van der Waals surface area contributed by atoms with E-state index in [0.717, 1.165) is 22.3 Å². The van der Waals surface area contributed by atoms with Crippen molar-refractivity contribution in [2.75, 3.05) is 0 Å². The molecular formula is C24H26O3. The van der Waals surface area contributed by atoms with Gasteiger partial charge in [0.25, 0.3) is 0 Å². The number of phenolic OH excluding ortho intramolecular Hbond substituents is 1. The number of aromatic hydroxyl groups is 1. The zero-order chi connectivity index (χ0) is 20.1. The SMILES string of the molecule is CC(C)(C)c1cc(C2=CC(=O)c3cccc(=O)cc32)cc(C(C)(C)C)c1O. The molecule has 1 aliphatic carbocycles. The van der Waals surface area contributed by atoms with Crippen molar-refractivity contribution < 1.29 is 9.90 Å². The van der Waals surface area contributed by atoms with E-state index in [4.69, 9.17) is 0 Å². The smallest absolute Gasteiger partial charge is 0.187 e. The number of phenols is 1. The number of carbonyl (C=O) groups excluding carboxylic acids is 1. The molecule has 0 bridgehead atoms. The number of hydrogen-bond donors (Lipinski definition) is 1. The minimum Gasteiger partial charge on any atom is -0.507 e. The van der Waals surface area contributed by atoms with Gasteiger partial charge >= 0.3 is 0 Å². The predicted octanol–water partition coefficient (Wildman–Crippen LogP) is 4.98. The summed E-state index contributed by atoms with van der Waals surface area (Å²) in [5.41, 5.74) is 3.76. The minimum absolute atomic E-state index is 0.0988. The third-order valence-corrected chi connectivity index (χ3v) is 4.97. The molecule has 3 nitrogen and oxygen atoms in total. The maximum atomic E-state index is 12.5. The van der Waals surface area contributed by atoms with E-state index in [-0.39, 0.29) is 22.0 Å². The molecule has 2 aromatic carbocycles. The lowest BCUT2D eigenvalue weighted by atomic mass is 9.77. The van der Waals surface area contributed by atoms with Crippen LogP contribution in [0.25, 0.3) is 5.57 Å². The van der Waals surface area contributed by atoms with E-state index in [9.17, 15) is 14.7 Å². The first-order valence-electron chi connectivity index (χ1n) is 9.19. The standard InChI is InChI=1S/C24H26O3/c1-23(2,3)19-10-14(11-20(22(19)27)24(4,5)6)17-13-21(26)16-9-7-8-15(25)12-18(16)17/h7-13,27H,1-6H3. The Morgan fingerprint density at radius 3 is 1.85 bits per heavy atom. The van der Waals surface area contributed by atoms with Crippen LogP contribution in [0.4, 0.5) is 0 Å². The molecule has 0 unspecified atom stereocenters. The molecule has 0 atom stereocenters. The molecule has 1 aliphatic rings. The Hall–Kier alpha value is -2.68. The third-order valence-electron chi connectivity index (χ3n) is 4.97. The molecule has 1 N–H and O–H groups in total. The fourth-order valence-electron chi connectivity index (χ4n) is 3.49. The molecule has 3 rings (SSSR count). The summed E-state index contributed by atoms with van der Waals surface area (Å²) in [5, 5.41) is 10.9. The van der Waals surface area contributed by atoms with E-state index in [1.165, 1.54) is 12.1 Å². The van der Waals surface area contributed by atoms with Gasteiger partial charge in [0.05, 0.1) is 0 Å². The summed E-state index contributed by atoms with van der Waals surface area (Å²) < 4.78 is 0. The van der Waals surface area contributed by atoms with Crippen molar-refractivity contribution in [2.24, 2.45) is 0 Å². The van der Waals surface area contributed by atoms with Crippen LogP contribution in [-0.2, 0) is 10.8 Å². The summed E-state index contributed by atoms with van der Waals surface area (Å²) >= 11 is 0. The molecule has 0 spiro atoms. The normalized spacial score (nSPS) is 14.1. The number of carbonyl (C=O) groups is 1. The van der Waals surface area contributed by atoms with E-state index >= 15 is 0 Å². The maximum Gasteiger partial charge on any atom is 0.187 e. The summed E-state index contributed by atoms with van der Waals surface area (Å²) in [4.78, 5) is 24.5. The largest absolute Gasteiger partial charge is 0.507 e. The highest BCUT2D eigenvalue weighted by Crippen LogP contribution is 2.43. The summed E-state index contributed by atoms with van der Waals surface area (Å²) in [5.74, 6) is 0.199. The molecule has 0 saturated heterocycles. The van der Waals surface area contributed by atoms with Crippen molar-refractivity contribution in [1.29, 1.82) is 0 Å². The van der Waals surface area contributed by atoms with Gasteiger partial charge in [-0.15, -0.1) is 0 Å². The van der Waals surface area contributed by atoms with Gasteiger partial charge in [0.2, 0.25) is 0 Å². The molecule has 0 aromatic heterocycles. The first kappa shape index (κ1) is 19.1. The van der Waals surface area contributed by atoms with Gasteiger partial charge in [-0.05, 0) is 57.9 Å². The Labute approximate surface area is 160 Å². The van der Waals surface area contributed by atoms with Gasteiger partial charge in [-0.1, -0.05) is 53.7 Å². The van der Waals surface area contributed by atoms with Crippen LogP contribution < -0.4 is 5.43 Å². The van der Waals surface area contributed by atoms with Crippen molar-refractivity contribution in [1.82, 2.24) is 0 Å². The van der Waals surface area contributed by atoms with Crippen molar-refractivity contribution in [3.63, 3.8) is 0 Å². The Balaban J connectivity index is 2.34. The summed E-state index contributed by atoms with van der Waals surface area (Å²) in [7, 11) is 0. The molecule has 0 amide bonds. The second-order valence-electron chi connectivity index (χ2n) is 9.24. The van der Waals surface area contributed by atoms with Crippen molar-refractivity contribution >= 4 is 11.4 Å². The Morgan fingerprint density at radius 1 is 0.778 bits per heavy atom. The Kier molecular flexibility index (Phi) is 4.38. The van der Waals surface area contributed by atoms with Crippen LogP contribution >= 0.6 is 0 Å². The lowest BCUT2D eigenvalue weighted by Crippen LogP contribution is -2.17. The third kappa shape index (κ3) is 3.46. The second kappa shape index (κ2) is 6.19. The number of hydrogen-bond acceptors (Lipinski definition) is 3. The van der Waals surface area contributed by atoms with Gasteiger partial charge in [-0.2, -0.15) is 0 Å². The number of benzene rings is 1. The molecule has 140 valence electrons. The van der Waals surface area contributed by atoms with Gasteiger partial charge < -0.3 is 5.11 Å². The lowest BCUT2D eigenvalue weighted by Gasteiger charge is -2.28. The molecule has 0 heterocycles. The van der Waals surface area contributed by atoms with Gasteiger partial charge in [0, 0.05) is 16.7 Å². The van der Waals surface area contributed by atoms with Crippen molar-refractivity contribution in [3.05, 3.63) is 80.5 Å². The highest BCUT2D eigenvalue weighted by atomic mass is 16.3. The molecule has 3 heteroatoms. The van der Waals surface area contributed by atoms with Crippen LogP contribution in [-0.4, -0.2) is 10.9 Å². The lowest BCUT2D eigenvalue weighted by molar-refractivity contribution is 0.105. The number of ketones is 1. The summed E-state index contributed by atoms with van der Waals surface area (Å²) in [6.45, 7) is 12.3. The van der Waals surface area contributed by atoms with E-state index in [0.29, 0.717) is 16.9 Å². The predicted molar refractivity (Wildman–Crippen MR) is 110 cm³/mol. The fraction of sp³-hybridized carbons (Fsp3) is 0.333. The quantitative estimate of drug-likeness (QED) is 0.779. The fourth-order valence-corrected chi connectivity index (χ4v) is 3.49. The topological polar surface area (TPSA) is 54.4 Å². The zero-order valence-corrected chi connectivity index (χ0v) is 16.8. The summed E-state index contributed by atoms with van der Waals surface area (Å²) in [6.07, 6.45) is 1.59. The first-order chi connectivity index (χ1) is 12.4. The summed E-state index contributed by atoms with van der Waals surface area (Å²) in [6, 6.07) is 10.2. The molecule has 2 aromatic rings. The van der Waals surface area contributed by atoms with E-state index < -0.39 is 0 Å². The average molecular weight is 362 g/mol. The number of allylic oxidation sites excluding steroid dienone is 1. The van der Waals surface area contributed by atoms with E-state index in [2.05, 4.69) is 41.5 Å². The Morgan fingerprint density at radius 2 is 1.33 bits per heavy atom. The maximum absolute atomic E-state index is 12.5. The molecule has 0 fully saturated rings. The Bertz CT molecular complexity index is 994. The number of rotatable bonds is 1. The minimum atomic E-state index is -0.267.